The van der Waals surface area contributed by atoms with Crippen molar-refractivity contribution in [2.24, 2.45) is 0 Å². The second-order valence-corrected chi connectivity index (χ2v) is 10.5. The Labute approximate surface area is 203 Å². The number of carbonyl (C=O) groups excluding carboxylic acids is 1. The number of nitrogens with zero attached hydrogens (tertiary/aromatic N) is 2. The molecule has 0 N–H and O–H groups in total. The molecule has 0 fully saturated rings. The fourth-order valence-electron chi connectivity index (χ4n) is 3.65. The summed E-state index contributed by atoms with van der Waals surface area (Å²) in [5, 5.41) is 2.63. The molecule has 2 aromatic carbocycles. The maximum Gasteiger partial charge on any atom is 0.349 e. The molecule has 0 aliphatic heterocycles. The minimum atomic E-state index is -0.425. The first-order chi connectivity index (χ1) is 15.8. The van der Waals surface area contributed by atoms with Gasteiger partial charge >= 0.3 is 5.97 Å². The fraction of sp³-hybridized carbons (Fsp3) is 0.259. The normalized spacial score (nSPS) is 12.5. The van der Waals surface area contributed by atoms with Gasteiger partial charge in [0, 0.05) is 17.4 Å². The summed E-state index contributed by atoms with van der Waals surface area (Å²) in [6.07, 6.45) is 5.57. The van der Waals surface area contributed by atoms with E-state index in [0.29, 0.717) is 22.9 Å². The van der Waals surface area contributed by atoms with E-state index in [0.717, 1.165) is 16.7 Å². The molecule has 6 heteroatoms. The van der Waals surface area contributed by atoms with Gasteiger partial charge in [0.1, 0.15) is 11.0 Å². The highest BCUT2D eigenvalue weighted by Gasteiger charge is 2.23. The van der Waals surface area contributed by atoms with Crippen LogP contribution in [0.2, 0.25) is 5.02 Å². The van der Waals surface area contributed by atoms with Gasteiger partial charge in [-0.3, -0.25) is 0 Å². The molecule has 0 amide bonds. The maximum atomic E-state index is 13.3. The van der Waals surface area contributed by atoms with E-state index >= 15 is 0 Å². The Bertz CT molecular complexity index is 1190. The van der Waals surface area contributed by atoms with Crippen LogP contribution in [-0.2, 0) is 23.1 Å². The lowest BCUT2D eigenvalue weighted by Crippen LogP contribution is -2.17. The van der Waals surface area contributed by atoms with E-state index in [1.165, 1.54) is 16.9 Å². The summed E-state index contributed by atoms with van der Waals surface area (Å²) >= 11 is 7.42. The zero-order chi connectivity index (χ0) is 23.4. The van der Waals surface area contributed by atoms with Crippen molar-refractivity contribution in [2.75, 3.05) is 0 Å². The molecule has 0 radical (unpaired) electrons. The molecular formula is C27H27ClN2O2S. The third kappa shape index (κ3) is 5.92. The van der Waals surface area contributed by atoms with E-state index in [1.54, 1.807) is 12.5 Å². The Kier molecular flexibility index (Phi) is 7.01. The number of esters is 1. The summed E-state index contributed by atoms with van der Waals surface area (Å²) in [6.45, 7) is 7.05. The largest absolute Gasteiger partial charge is 0.451 e. The van der Waals surface area contributed by atoms with Crippen LogP contribution >= 0.6 is 22.9 Å². The molecule has 0 spiro atoms. The molecule has 170 valence electrons. The SMILES string of the molecule is CC(C)(C)c1ccc(C(Cn2ccnc2)OC(=O)c2sccc2Cc2ccc(Cl)cc2)cc1. The number of carbonyl (C=O) groups is 1. The number of benzene rings is 2. The number of rotatable bonds is 7. The summed E-state index contributed by atoms with van der Waals surface area (Å²) in [4.78, 5) is 18.0. The monoisotopic (exact) mass is 478 g/mol. The number of hydrogen-bond donors (Lipinski definition) is 0. The summed E-state index contributed by atoms with van der Waals surface area (Å²) in [5.41, 5.74) is 4.31. The van der Waals surface area contributed by atoms with E-state index < -0.39 is 6.10 Å². The number of halogens is 1. The van der Waals surface area contributed by atoms with Gasteiger partial charge in [-0.1, -0.05) is 68.8 Å². The number of thiophene rings is 1. The molecule has 0 saturated heterocycles. The molecule has 0 bridgehead atoms. The minimum Gasteiger partial charge on any atom is -0.451 e. The number of hydrogen-bond acceptors (Lipinski definition) is 4. The zero-order valence-electron chi connectivity index (χ0n) is 19.0. The average molecular weight is 479 g/mol. The van der Waals surface area contributed by atoms with E-state index in [2.05, 4.69) is 50.0 Å². The third-order valence-electron chi connectivity index (χ3n) is 5.57. The number of ether oxygens (including phenoxy) is 1. The van der Waals surface area contributed by atoms with Crippen molar-refractivity contribution in [3.8, 4) is 0 Å². The maximum absolute atomic E-state index is 13.3. The molecule has 2 aromatic heterocycles. The highest BCUT2D eigenvalue weighted by atomic mass is 35.5. The molecule has 4 nitrogen and oxygen atoms in total. The first kappa shape index (κ1) is 23.3. The first-order valence-corrected chi connectivity index (χ1v) is 12.1. The van der Waals surface area contributed by atoms with Crippen LogP contribution in [0.5, 0.6) is 0 Å². The van der Waals surface area contributed by atoms with Gasteiger partial charge in [-0.25, -0.2) is 9.78 Å². The van der Waals surface area contributed by atoms with E-state index in [4.69, 9.17) is 16.3 Å². The van der Waals surface area contributed by atoms with E-state index in [9.17, 15) is 4.79 Å². The smallest absolute Gasteiger partial charge is 0.349 e. The molecule has 2 heterocycles. The molecule has 0 saturated carbocycles. The van der Waals surface area contributed by atoms with Crippen LogP contribution in [0.1, 0.15) is 58.8 Å². The van der Waals surface area contributed by atoms with Crippen molar-refractivity contribution < 1.29 is 9.53 Å². The van der Waals surface area contributed by atoms with E-state index in [1.807, 2.05) is 46.5 Å². The Hall–Kier alpha value is -2.89. The Morgan fingerprint density at radius 1 is 1.09 bits per heavy atom. The predicted molar refractivity (Wildman–Crippen MR) is 134 cm³/mol. The molecule has 33 heavy (non-hydrogen) atoms. The molecule has 1 unspecified atom stereocenters. The highest BCUT2D eigenvalue weighted by Crippen LogP contribution is 2.29. The summed E-state index contributed by atoms with van der Waals surface area (Å²) in [6, 6.07) is 18.0. The van der Waals surface area contributed by atoms with Gasteiger partial charge in [-0.05, 0) is 57.7 Å². The van der Waals surface area contributed by atoms with Gasteiger partial charge in [-0.2, -0.15) is 0 Å². The Morgan fingerprint density at radius 3 is 2.45 bits per heavy atom. The van der Waals surface area contributed by atoms with Crippen LogP contribution in [0.3, 0.4) is 0 Å². The van der Waals surface area contributed by atoms with Gasteiger partial charge in [0.25, 0.3) is 0 Å². The Morgan fingerprint density at radius 2 is 1.82 bits per heavy atom. The van der Waals surface area contributed by atoms with Crippen molar-refractivity contribution in [3.05, 3.63) is 111 Å². The van der Waals surface area contributed by atoms with Gasteiger partial charge in [-0.15, -0.1) is 11.3 Å². The summed E-state index contributed by atoms with van der Waals surface area (Å²) in [7, 11) is 0. The predicted octanol–water partition coefficient (Wildman–Crippen LogP) is 7.08. The summed E-state index contributed by atoms with van der Waals surface area (Å²) < 4.78 is 8.01. The van der Waals surface area contributed by atoms with Crippen LogP contribution in [0.25, 0.3) is 0 Å². The topological polar surface area (TPSA) is 44.1 Å². The van der Waals surface area contributed by atoms with Gasteiger partial charge in [0.2, 0.25) is 0 Å². The van der Waals surface area contributed by atoms with Gasteiger partial charge < -0.3 is 9.30 Å². The highest BCUT2D eigenvalue weighted by molar-refractivity contribution is 7.12. The lowest BCUT2D eigenvalue weighted by atomic mass is 9.86. The minimum absolute atomic E-state index is 0.0581. The van der Waals surface area contributed by atoms with Crippen LogP contribution in [-0.4, -0.2) is 15.5 Å². The average Bonchev–Trinajstić information content (AvgIpc) is 3.46. The number of imidazole rings is 1. The van der Waals surface area contributed by atoms with Crippen LogP contribution in [0.15, 0.2) is 78.7 Å². The number of aromatic nitrogens is 2. The standard InChI is InChI=1S/C27H27ClN2O2S/c1-27(2,3)22-8-6-20(7-9-22)24(17-30-14-13-29-18-30)32-26(31)25-21(12-15-33-25)16-19-4-10-23(28)11-5-19/h4-15,18,24H,16-17H2,1-3H3. The van der Waals surface area contributed by atoms with Crippen LogP contribution < -0.4 is 0 Å². The lowest BCUT2D eigenvalue weighted by Gasteiger charge is -2.22. The van der Waals surface area contributed by atoms with Crippen molar-refractivity contribution >= 4 is 28.9 Å². The fourth-order valence-corrected chi connectivity index (χ4v) is 4.58. The van der Waals surface area contributed by atoms with Gasteiger partial charge in [0.05, 0.1) is 12.9 Å². The zero-order valence-corrected chi connectivity index (χ0v) is 20.6. The second kappa shape index (κ2) is 9.94. The molecular weight excluding hydrogens is 452 g/mol. The molecule has 4 aromatic rings. The molecule has 1 atom stereocenters. The van der Waals surface area contributed by atoms with Crippen molar-refractivity contribution in [1.82, 2.24) is 9.55 Å². The second-order valence-electron chi connectivity index (χ2n) is 9.10. The molecule has 0 aliphatic rings. The van der Waals surface area contributed by atoms with E-state index in [-0.39, 0.29) is 11.4 Å². The Balaban J connectivity index is 1.56. The van der Waals surface area contributed by atoms with Gasteiger partial charge in [0.15, 0.2) is 0 Å². The summed E-state index contributed by atoms with van der Waals surface area (Å²) in [5.74, 6) is -0.307. The van der Waals surface area contributed by atoms with Crippen LogP contribution in [0, 0.1) is 0 Å². The van der Waals surface area contributed by atoms with Crippen molar-refractivity contribution in [2.45, 2.75) is 45.3 Å². The first-order valence-electron chi connectivity index (χ1n) is 10.9. The quantitative estimate of drug-likeness (QED) is 0.266. The molecule has 4 rings (SSSR count). The van der Waals surface area contributed by atoms with Crippen molar-refractivity contribution in [3.63, 3.8) is 0 Å². The van der Waals surface area contributed by atoms with Crippen LogP contribution in [0.4, 0.5) is 0 Å². The third-order valence-corrected chi connectivity index (χ3v) is 6.76. The molecule has 0 aliphatic carbocycles. The lowest BCUT2D eigenvalue weighted by molar-refractivity contribution is 0.0260. The van der Waals surface area contributed by atoms with Crippen molar-refractivity contribution in [1.29, 1.82) is 0 Å².